The lowest BCUT2D eigenvalue weighted by Gasteiger charge is -2.34. The number of anilines is 1. The van der Waals surface area contributed by atoms with Crippen LogP contribution in [0.4, 0.5) is 10.2 Å². The van der Waals surface area contributed by atoms with E-state index < -0.39 is 5.82 Å². The van der Waals surface area contributed by atoms with Gasteiger partial charge in [-0.15, -0.1) is 0 Å². The number of halogens is 2. The number of aryl methyl sites for hydroxylation is 2. The second kappa shape index (κ2) is 8.26. The fourth-order valence-electron chi connectivity index (χ4n) is 4.43. The predicted molar refractivity (Wildman–Crippen MR) is 127 cm³/mol. The van der Waals surface area contributed by atoms with Crippen molar-refractivity contribution in [3.63, 3.8) is 0 Å². The zero-order chi connectivity index (χ0) is 23.3. The number of fused-ring (bicyclic) bond motifs is 1. The number of hydrogen-bond donors (Lipinski definition) is 0. The molecule has 1 fully saturated rings. The molecule has 0 aliphatic carbocycles. The highest BCUT2D eigenvalue weighted by Gasteiger charge is 2.25. The van der Waals surface area contributed by atoms with E-state index in [0.717, 1.165) is 24.9 Å². The highest BCUT2D eigenvalue weighted by molar-refractivity contribution is 6.30. The van der Waals surface area contributed by atoms with Crippen molar-refractivity contribution in [1.29, 1.82) is 0 Å². The van der Waals surface area contributed by atoms with Crippen LogP contribution in [0.3, 0.4) is 0 Å². The first-order chi connectivity index (χ1) is 15.8. The molecule has 4 aromatic rings. The van der Waals surface area contributed by atoms with Gasteiger partial charge in [-0.3, -0.25) is 14.0 Å². The smallest absolute Gasteiger partial charge is 0.263 e. The van der Waals surface area contributed by atoms with Gasteiger partial charge in [-0.2, -0.15) is 5.10 Å². The number of pyridine rings is 1. The summed E-state index contributed by atoms with van der Waals surface area (Å²) in [5.74, 6) is 0.718. The minimum Gasteiger partial charge on any atom is -0.354 e. The number of piperidine rings is 1. The van der Waals surface area contributed by atoms with Gasteiger partial charge in [0, 0.05) is 43.0 Å². The largest absolute Gasteiger partial charge is 0.354 e. The van der Waals surface area contributed by atoms with E-state index in [-0.39, 0.29) is 27.9 Å². The van der Waals surface area contributed by atoms with Crippen LogP contribution in [0.15, 0.2) is 41.5 Å². The lowest BCUT2D eigenvalue weighted by Crippen LogP contribution is -2.37. The van der Waals surface area contributed by atoms with Crippen molar-refractivity contribution in [3.05, 3.63) is 69.2 Å². The Hall–Kier alpha value is -3.26. The predicted octanol–water partition coefficient (Wildman–Crippen LogP) is 4.44. The quantitative estimate of drug-likeness (QED) is 0.446. The van der Waals surface area contributed by atoms with Gasteiger partial charge >= 0.3 is 0 Å². The van der Waals surface area contributed by atoms with E-state index in [2.05, 4.69) is 15.0 Å². The number of aromatic nitrogens is 5. The molecule has 1 aliphatic heterocycles. The van der Waals surface area contributed by atoms with Crippen LogP contribution >= 0.6 is 11.6 Å². The Morgan fingerprint density at radius 2 is 2.00 bits per heavy atom. The summed E-state index contributed by atoms with van der Waals surface area (Å²) in [6.45, 7) is 5.32. The van der Waals surface area contributed by atoms with Crippen LogP contribution in [-0.2, 0) is 7.05 Å². The maximum atomic E-state index is 15.0. The molecule has 9 heteroatoms. The molecular weight excluding hydrogens is 443 g/mol. The standard InChI is InChI=1S/C24H24ClFN6O/c1-14-11-27-32(12-14)17-5-4-8-31(13-17)21-10-20-22(24(33)30(3)15(2)28-20)23(29-21)18-7-6-16(25)9-19(18)26/h6-7,9-12,17H,4-5,8,13H2,1-3H3/t17-/m1/s1. The van der Waals surface area contributed by atoms with E-state index in [1.165, 1.54) is 10.6 Å². The van der Waals surface area contributed by atoms with Crippen molar-refractivity contribution in [2.75, 3.05) is 18.0 Å². The van der Waals surface area contributed by atoms with Gasteiger partial charge in [0.25, 0.3) is 5.56 Å². The summed E-state index contributed by atoms with van der Waals surface area (Å²) in [6.07, 6.45) is 5.89. The van der Waals surface area contributed by atoms with Crippen molar-refractivity contribution >= 4 is 28.3 Å². The summed E-state index contributed by atoms with van der Waals surface area (Å²) >= 11 is 5.97. The van der Waals surface area contributed by atoms with Gasteiger partial charge in [-0.1, -0.05) is 11.6 Å². The van der Waals surface area contributed by atoms with Crippen molar-refractivity contribution < 1.29 is 4.39 Å². The topological polar surface area (TPSA) is 68.8 Å². The van der Waals surface area contributed by atoms with Crippen LogP contribution < -0.4 is 10.5 Å². The first-order valence-electron chi connectivity index (χ1n) is 10.9. The highest BCUT2D eigenvalue weighted by Crippen LogP contribution is 2.33. The van der Waals surface area contributed by atoms with Crippen molar-refractivity contribution in [3.8, 4) is 11.3 Å². The Labute approximate surface area is 195 Å². The van der Waals surface area contributed by atoms with E-state index >= 15 is 0 Å². The molecule has 0 amide bonds. The Balaban J connectivity index is 1.67. The second-order valence-corrected chi connectivity index (χ2v) is 9.05. The summed E-state index contributed by atoms with van der Waals surface area (Å²) in [6, 6.07) is 6.44. The Kier molecular flexibility index (Phi) is 5.40. The molecule has 1 aromatic carbocycles. The Bertz CT molecular complexity index is 1430. The molecule has 0 N–H and O–H groups in total. The van der Waals surface area contributed by atoms with Crippen LogP contribution in [0.5, 0.6) is 0 Å². The third-order valence-electron chi connectivity index (χ3n) is 6.28. The Morgan fingerprint density at radius 1 is 1.18 bits per heavy atom. The zero-order valence-corrected chi connectivity index (χ0v) is 19.5. The van der Waals surface area contributed by atoms with Gasteiger partial charge in [0.05, 0.1) is 28.8 Å². The lowest BCUT2D eigenvalue weighted by molar-refractivity contribution is 0.375. The first-order valence-corrected chi connectivity index (χ1v) is 11.3. The number of benzene rings is 1. The third kappa shape index (κ3) is 3.88. The van der Waals surface area contributed by atoms with Gasteiger partial charge < -0.3 is 4.90 Å². The molecule has 0 unspecified atom stereocenters. The summed E-state index contributed by atoms with van der Waals surface area (Å²) in [5, 5.41) is 5.07. The molecule has 5 rings (SSSR count). The normalized spacial score (nSPS) is 16.5. The maximum absolute atomic E-state index is 15.0. The number of rotatable bonds is 3. The van der Waals surface area contributed by atoms with Gasteiger partial charge in [-0.05, 0) is 50.5 Å². The maximum Gasteiger partial charge on any atom is 0.263 e. The average molecular weight is 467 g/mol. The molecule has 0 bridgehead atoms. The highest BCUT2D eigenvalue weighted by atomic mass is 35.5. The van der Waals surface area contributed by atoms with Crippen molar-refractivity contribution in [1.82, 2.24) is 24.3 Å². The number of hydrogen-bond acceptors (Lipinski definition) is 5. The SMILES string of the molecule is Cc1cnn([C@@H]2CCCN(c3cc4nc(C)n(C)c(=O)c4c(-c4ccc(Cl)cc4F)n3)C2)c1. The Morgan fingerprint density at radius 3 is 2.73 bits per heavy atom. The molecule has 1 atom stereocenters. The molecule has 170 valence electrons. The summed E-state index contributed by atoms with van der Waals surface area (Å²) < 4.78 is 18.4. The van der Waals surface area contributed by atoms with E-state index in [9.17, 15) is 9.18 Å². The summed E-state index contributed by atoms with van der Waals surface area (Å²) in [4.78, 5) is 24.8. The minimum absolute atomic E-state index is 0.207. The van der Waals surface area contributed by atoms with Crippen LogP contribution in [0.1, 0.15) is 30.3 Å². The average Bonchev–Trinajstić information content (AvgIpc) is 3.23. The zero-order valence-electron chi connectivity index (χ0n) is 18.7. The molecule has 0 spiro atoms. The van der Waals surface area contributed by atoms with E-state index in [0.29, 0.717) is 29.1 Å². The van der Waals surface area contributed by atoms with Gasteiger partial charge in [0.15, 0.2) is 0 Å². The molecule has 33 heavy (non-hydrogen) atoms. The lowest BCUT2D eigenvalue weighted by atomic mass is 10.0. The van der Waals surface area contributed by atoms with Crippen LogP contribution in [0.2, 0.25) is 5.02 Å². The fraction of sp³-hybridized carbons (Fsp3) is 0.333. The molecule has 7 nitrogen and oxygen atoms in total. The minimum atomic E-state index is -0.528. The summed E-state index contributed by atoms with van der Waals surface area (Å²) in [5.41, 5.74) is 1.87. The van der Waals surface area contributed by atoms with Gasteiger partial charge in [-0.25, -0.2) is 14.4 Å². The fourth-order valence-corrected chi connectivity index (χ4v) is 4.59. The van der Waals surface area contributed by atoms with E-state index in [1.807, 2.05) is 30.1 Å². The molecule has 1 saturated heterocycles. The van der Waals surface area contributed by atoms with Crippen LogP contribution in [0.25, 0.3) is 22.2 Å². The van der Waals surface area contributed by atoms with E-state index in [1.54, 1.807) is 26.1 Å². The first kappa shape index (κ1) is 21.6. The molecule has 0 saturated carbocycles. The summed E-state index contributed by atoms with van der Waals surface area (Å²) in [7, 11) is 1.65. The molecule has 1 aliphatic rings. The van der Waals surface area contributed by atoms with Crippen LogP contribution in [0, 0.1) is 19.7 Å². The van der Waals surface area contributed by atoms with Gasteiger partial charge in [0.1, 0.15) is 17.5 Å². The van der Waals surface area contributed by atoms with Gasteiger partial charge in [0.2, 0.25) is 0 Å². The molecule has 0 radical (unpaired) electrons. The monoisotopic (exact) mass is 466 g/mol. The van der Waals surface area contributed by atoms with Crippen molar-refractivity contribution in [2.45, 2.75) is 32.7 Å². The number of nitrogens with zero attached hydrogens (tertiary/aromatic N) is 6. The van der Waals surface area contributed by atoms with Crippen molar-refractivity contribution in [2.24, 2.45) is 7.05 Å². The molecule has 3 aromatic heterocycles. The third-order valence-corrected chi connectivity index (χ3v) is 6.52. The molecule has 4 heterocycles. The van der Waals surface area contributed by atoms with E-state index in [4.69, 9.17) is 16.6 Å². The molecular formula is C24H24ClFN6O. The second-order valence-electron chi connectivity index (χ2n) is 8.61. The van der Waals surface area contributed by atoms with Crippen LogP contribution in [-0.4, -0.2) is 37.4 Å².